The van der Waals surface area contributed by atoms with Gasteiger partial charge in [0.15, 0.2) is 0 Å². The van der Waals surface area contributed by atoms with E-state index in [0.29, 0.717) is 17.9 Å². The Morgan fingerprint density at radius 1 is 1.14 bits per heavy atom. The molecule has 114 valence electrons. The fourth-order valence-electron chi connectivity index (χ4n) is 4.36. The SMILES string of the molecule is Cl.NC1CCC2CN(C(=O)c3ccc4c(c3)CCC4)CC12. The summed E-state index contributed by atoms with van der Waals surface area (Å²) >= 11 is 0. The van der Waals surface area contributed by atoms with Crippen molar-refractivity contribution in [1.29, 1.82) is 0 Å². The van der Waals surface area contributed by atoms with Gasteiger partial charge < -0.3 is 10.6 Å². The Hall–Kier alpha value is -1.06. The molecule has 21 heavy (non-hydrogen) atoms. The van der Waals surface area contributed by atoms with Crippen LogP contribution in [-0.4, -0.2) is 29.9 Å². The Bertz CT molecular complexity index is 560. The highest BCUT2D eigenvalue weighted by molar-refractivity contribution is 5.94. The van der Waals surface area contributed by atoms with E-state index < -0.39 is 0 Å². The highest BCUT2D eigenvalue weighted by atomic mass is 35.5. The summed E-state index contributed by atoms with van der Waals surface area (Å²) in [4.78, 5) is 14.7. The van der Waals surface area contributed by atoms with Gasteiger partial charge in [-0.05, 0) is 67.2 Å². The second kappa shape index (κ2) is 5.62. The van der Waals surface area contributed by atoms with Crippen LogP contribution in [0.5, 0.6) is 0 Å². The molecule has 1 aromatic carbocycles. The molecule has 4 heteroatoms. The zero-order valence-electron chi connectivity index (χ0n) is 12.3. The first kappa shape index (κ1) is 14.9. The fraction of sp³-hybridized carbons (Fsp3) is 0.588. The van der Waals surface area contributed by atoms with Crippen LogP contribution in [0.25, 0.3) is 0 Å². The Balaban J connectivity index is 0.00000132. The van der Waals surface area contributed by atoms with Crippen molar-refractivity contribution in [3.8, 4) is 0 Å². The lowest BCUT2D eigenvalue weighted by molar-refractivity contribution is 0.0779. The minimum Gasteiger partial charge on any atom is -0.338 e. The summed E-state index contributed by atoms with van der Waals surface area (Å²) in [5.41, 5.74) is 9.84. The maximum absolute atomic E-state index is 12.7. The molecule has 1 heterocycles. The summed E-state index contributed by atoms with van der Waals surface area (Å²) in [6.07, 6.45) is 5.87. The second-order valence-electron chi connectivity index (χ2n) is 6.71. The molecule has 2 N–H and O–H groups in total. The van der Waals surface area contributed by atoms with Gasteiger partial charge in [0.25, 0.3) is 5.91 Å². The largest absolute Gasteiger partial charge is 0.338 e. The number of nitrogens with zero attached hydrogens (tertiary/aromatic N) is 1. The first-order valence-electron chi connectivity index (χ1n) is 7.89. The second-order valence-corrected chi connectivity index (χ2v) is 6.71. The monoisotopic (exact) mass is 306 g/mol. The Morgan fingerprint density at radius 2 is 1.95 bits per heavy atom. The van der Waals surface area contributed by atoms with E-state index in [0.717, 1.165) is 31.5 Å². The topological polar surface area (TPSA) is 46.3 Å². The molecule has 0 aromatic heterocycles. The van der Waals surface area contributed by atoms with Crippen molar-refractivity contribution >= 4 is 18.3 Å². The average molecular weight is 307 g/mol. The van der Waals surface area contributed by atoms with Crippen molar-refractivity contribution in [2.24, 2.45) is 17.6 Å². The summed E-state index contributed by atoms with van der Waals surface area (Å²) < 4.78 is 0. The van der Waals surface area contributed by atoms with E-state index >= 15 is 0 Å². The van der Waals surface area contributed by atoms with Crippen LogP contribution in [-0.2, 0) is 12.8 Å². The van der Waals surface area contributed by atoms with Crippen LogP contribution < -0.4 is 5.73 Å². The fourth-order valence-corrected chi connectivity index (χ4v) is 4.36. The first-order valence-corrected chi connectivity index (χ1v) is 7.89. The first-order chi connectivity index (χ1) is 9.72. The van der Waals surface area contributed by atoms with Gasteiger partial charge in [0.05, 0.1) is 0 Å². The normalized spacial score (nSPS) is 30.0. The summed E-state index contributed by atoms with van der Waals surface area (Å²) in [6, 6.07) is 6.59. The van der Waals surface area contributed by atoms with Crippen molar-refractivity contribution in [1.82, 2.24) is 4.90 Å². The molecule has 1 aliphatic heterocycles. The summed E-state index contributed by atoms with van der Waals surface area (Å²) in [6.45, 7) is 1.77. The summed E-state index contributed by atoms with van der Waals surface area (Å²) in [5.74, 6) is 1.39. The van der Waals surface area contributed by atoms with Gasteiger partial charge in [-0.25, -0.2) is 0 Å². The van der Waals surface area contributed by atoms with E-state index in [1.54, 1.807) is 0 Å². The maximum atomic E-state index is 12.7. The molecule has 1 amide bonds. The van der Waals surface area contributed by atoms with Crippen molar-refractivity contribution in [3.63, 3.8) is 0 Å². The van der Waals surface area contributed by atoms with Crippen LogP contribution in [0.4, 0.5) is 0 Å². The lowest BCUT2D eigenvalue weighted by Crippen LogP contribution is -2.33. The number of amides is 1. The minimum absolute atomic E-state index is 0. The molecule has 1 saturated carbocycles. The molecule has 0 radical (unpaired) electrons. The van der Waals surface area contributed by atoms with Gasteiger partial charge in [-0.3, -0.25) is 4.79 Å². The molecule has 2 fully saturated rings. The summed E-state index contributed by atoms with van der Waals surface area (Å²) in [5, 5.41) is 0. The number of aryl methyl sites for hydroxylation is 2. The van der Waals surface area contributed by atoms with Crippen LogP contribution in [0.2, 0.25) is 0 Å². The number of carbonyl (C=O) groups is 1. The van der Waals surface area contributed by atoms with Gasteiger partial charge in [0, 0.05) is 24.7 Å². The number of hydrogen-bond donors (Lipinski definition) is 1. The Kier molecular flexibility index (Phi) is 3.98. The number of carbonyl (C=O) groups excluding carboxylic acids is 1. The highest BCUT2D eigenvalue weighted by Crippen LogP contribution is 2.37. The van der Waals surface area contributed by atoms with Crippen LogP contribution in [0, 0.1) is 11.8 Å². The molecule has 3 aliphatic rings. The highest BCUT2D eigenvalue weighted by Gasteiger charge is 2.42. The zero-order valence-corrected chi connectivity index (χ0v) is 13.1. The van der Waals surface area contributed by atoms with E-state index in [4.69, 9.17) is 5.73 Å². The molecule has 0 spiro atoms. The average Bonchev–Trinajstić information content (AvgIpc) is 3.14. The van der Waals surface area contributed by atoms with Crippen LogP contribution in [0.3, 0.4) is 0 Å². The minimum atomic E-state index is 0. The van der Waals surface area contributed by atoms with Crippen molar-refractivity contribution < 1.29 is 4.79 Å². The van der Waals surface area contributed by atoms with Gasteiger partial charge in [-0.1, -0.05) is 6.07 Å². The third-order valence-electron chi connectivity index (χ3n) is 5.54. The molecule has 3 unspecified atom stereocenters. The van der Waals surface area contributed by atoms with E-state index in [9.17, 15) is 4.79 Å². The summed E-state index contributed by atoms with van der Waals surface area (Å²) in [7, 11) is 0. The number of hydrogen-bond acceptors (Lipinski definition) is 2. The third-order valence-corrected chi connectivity index (χ3v) is 5.54. The van der Waals surface area contributed by atoms with Gasteiger partial charge in [-0.15, -0.1) is 12.4 Å². The number of fused-ring (bicyclic) bond motifs is 2. The van der Waals surface area contributed by atoms with Crippen LogP contribution in [0.1, 0.15) is 40.7 Å². The van der Waals surface area contributed by atoms with E-state index in [-0.39, 0.29) is 18.3 Å². The van der Waals surface area contributed by atoms with E-state index in [1.807, 2.05) is 11.0 Å². The van der Waals surface area contributed by atoms with Crippen molar-refractivity contribution in [2.75, 3.05) is 13.1 Å². The lowest BCUT2D eigenvalue weighted by Gasteiger charge is -2.19. The number of benzene rings is 1. The maximum Gasteiger partial charge on any atom is 0.253 e. The van der Waals surface area contributed by atoms with Crippen molar-refractivity contribution in [3.05, 3.63) is 34.9 Å². The standard InChI is InChI=1S/C17H22N2O.ClH/c18-16-7-6-14-9-19(10-15(14)16)17(20)13-5-4-11-2-1-3-12(11)8-13;/h4-5,8,14-16H,1-3,6-7,9-10,18H2;1H. The van der Waals surface area contributed by atoms with Gasteiger partial charge in [-0.2, -0.15) is 0 Å². The number of halogens is 1. The molecule has 4 rings (SSSR count). The third kappa shape index (κ3) is 2.47. The molecule has 0 bridgehead atoms. The number of nitrogens with two attached hydrogens (primary N) is 1. The lowest BCUT2D eigenvalue weighted by atomic mass is 9.98. The van der Waals surface area contributed by atoms with Gasteiger partial charge >= 0.3 is 0 Å². The molecule has 3 nitrogen and oxygen atoms in total. The molecule has 3 atom stereocenters. The molecule has 1 saturated heterocycles. The smallest absolute Gasteiger partial charge is 0.253 e. The van der Waals surface area contributed by atoms with Crippen LogP contribution >= 0.6 is 12.4 Å². The molecular weight excluding hydrogens is 284 g/mol. The molecule has 2 aliphatic carbocycles. The quantitative estimate of drug-likeness (QED) is 0.866. The van der Waals surface area contributed by atoms with Crippen molar-refractivity contribution in [2.45, 2.75) is 38.1 Å². The van der Waals surface area contributed by atoms with Crippen LogP contribution in [0.15, 0.2) is 18.2 Å². The predicted molar refractivity (Wildman–Crippen MR) is 85.8 cm³/mol. The molecular formula is C17H23ClN2O. The van der Waals surface area contributed by atoms with E-state index in [1.165, 1.54) is 30.4 Å². The number of likely N-dealkylation sites (tertiary alicyclic amines) is 1. The Labute approximate surface area is 132 Å². The Morgan fingerprint density at radius 3 is 2.76 bits per heavy atom. The predicted octanol–water partition coefficient (Wildman–Crippen LogP) is 2.41. The zero-order chi connectivity index (χ0) is 13.7. The van der Waals surface area contributed by atoms with E-state index in [2.05, 4.69) is 12.1 Å². The molecule has 1 aromatic rings. The van der Waals surface area contributed by atoms with Gasteiger partial charge in [0.2, 0.25) is 0 Å². The van der Waals surface area contributed by atoms with Gasteiger partial charge in [0.1, 0.15) is 0 Å². The number of rotatable bonds is 1.